The summed E-state index contributed by atoms with van der Waals surface area (Å²) >= 11 is 5.76. The second kappa shape index (κ2) is 4.80. The van der Waals surface area contributed by atoms with Gasteiger partial charge < -0.3 is 9.47 Å². The van der Waals surface area contributed by atoms with Gasteiger partial charge in [0.05, 0.1) is 29.7 Å². The minimum absolute atomic E-state index is 0.0114. The molecule has 0 aliphatic carbocycles. The van der Waals surface area contributed by atoms with E-state index in [1.54, 1.807) is 0 Å². The van der Waals surface area contributed by atoms with Crippen molar-refractivity contribution >= 4 is 23.3 Å². The van der Waals surface area contributed by atoms with Crippen molar-refractivity contribution in [3.8, 4) is 5.75 Å². The summed E-state index contributed by atoms with van der Waals surface area (Å²) in [6.45, 7) is 0. The molecule has 16 heavy (non-hydrogen) atoms. The molecule has 1 aromatic carbocycles. The molecule has 0 atom stereocenters. The van der Waals surface area contributed by atoms with Crippen LogP contribution in [0.3, 0.4) is 0 Å². The fourth-order valence-corrected chi connectivity index (χ4v) is 1.35. The van der Waals surface area contributed by atoms with Crippen LogP contribution >= 0.6 is 11.6 Å². The number of carbonyl (C=O) groups excluding carboxylic acids is 1. The first kappa shape index (κ1) is 12.3. The van der Waals surface area contributed by atoms with Gasteiger partial charge in [0.15, 0.2) is 5.75 Å². The second-order valence-electron chi connectivity index (χ2n) is 2.75. The van der Waals surface area contributed by atoms with Gasteiger partial charge in [0.1, 0.15) is 0 Å². The molecule has 0 aromatic heterocycles. The van der Waals surface area contributed by atoms with E-state index < -0.39 is 10.9 Å². The first-order valence-corrected chi connectivity index (χ1v) is 4.49. The monoisotopic (exact) mass is 245 g/mol. The molecule has 0 aliphatic rings. The standard InChI is InChI=1S/C9H8ClNO5/c1-15-8-4-6(10)5(9(12)16-2)3-7(8)11(13)14/h3-4H,1-2H3. The SMILES string of the molecule is COC(=O)c1cc([N+](=O)[O-])c(OC)cc1Cl. The highest BCUT2D eigenvalue weighted by Crippen LogP contribution is 2.33. The molecule has 0 spiro atoms. The molecule has 0 N–H and O–H groups in total. The lowest BCUT2D eigenvalue weighted by Gasteiger charge is -2.05. The van der Waals surface area contributed by atoms with Gasteiger partial charge in [-0.15, -0.1) is 0 Å². The molecule has 0 unspecified atom stereocenters. The Balaban J connectivity index is 3.38. The summed E-state index contributed by atoms with van der Waals surface area (Å²) in [7, 11) is 2.44. The Morgan fingerprint density at radius 3 is 2.50 bits per heavy atom. The van der Waals surface area contributed by atoms with Crippen molar-refractivity contribution < 1.29 is 19.2 Å². The van der Waals surface area contributed by atoms with Crippen LogP contribution in [0.4, 0.5) is 5.69 Å². The van der Waals surface area contributed by atoms with E-state index in [1.807, 2.05) is 0 Å². The number of esters is 1. The van der Waals surface area contributed by atoms with Crippen molar-refractivity contribution in [2.75, 3.05) is 14.2 Å². The molecule has 6 nitrogen and oxygen atoms in total. The molecule has 86 valence electrons. The van der Waals surface area contributed by atoms with Crippen molar-refractivity contribution in [3.05, 3.63) is 32.8 Å². The van der Waals surface area contributed by atoms with Crippen LogP contribution in [0.2, 0.25) is 5.02 Å². The number of rotatable bonds is 3. The number of nitro groups is 1. The van der Waals surface area contributed by atoms with E-state index in [-0.39, 0.29) is 22.0 Å². The minimum Gasteiger partial charge on any atom is -0.490 e. The van der Waals surface area contributed by atoms with Crippen molar-refractivity contribution in [1.29, 1.82) is 0 Å². The van der Waals surface area contributed by atoms with E-state index in [1.165, 1.54) is 13.2 Å². The first-order chi connectivity index (χ1) is 7.51. The fraction of sp³-hybridized carbons (Fsp3) is 0.222. The molecule has 1 aromatic rings. The molecule has 0 bridgehead atoms. The lowest BCUT2D eigenvalue weighted by atomic mass is 10.2. The number of methoxy groups -OCH3 is 2. The van der Waals surface area contributed by atoms with Crippen LogP contribution in [0.5, 0.6) is 5.75 Å². The largest absolute Gasteiger partial charge is 0.490 e. The maximum atomic E-state index is 11.2. The Morgan fingerprint density at radius 2 is 2.06 bits per heavy atom. The van der Waals surface area contributed by atoms with Crippen LogP contribution < -0.4 is 4.74 Å². The van der Waals surface area contributed by atoms with Gasteiger partial charge >= 0.3 is 11.7 Å². The van der Waals surface area contributed by atoms with Gasteiger partial charge in [-0.2, -0.15) is 0 Å². The van der Waals surface area contributed by atoms with E-state index >= 15 is 0 Å². The van der Waals surface area contributed by atoms with Crippen molar-refractivity contribution in [1.82, 2.24) is 0 Å². The Bertz CT molecular complexity index is 446. The van der Waals surface area contributed by atoms with E-state index in [4.69, 9.17) is 16.3 Å². The van der Waals surface area contributed by atoms with Gasteiger partial charge in [0.25, 0.3) is 0 Å². The van der Waals surface area contributed by atoms with Crippen molar-refractivity contribution in [3.63, 3.8) is 0 Å². The molecule has 7 heteroatoms. The molecule has 0 heterocycles. The summed E-state index contributed by atoms with van der Waals surface area (Å²) in [5.41, 5.74) is -0.413. The number of carbonyl (C=O) groups is 1. The first-order valence-electron chi connectivity index (χ1n) is 4.11. The molecular weight excluding hydrogens is 238 g/mol. The number of halogens is 1. The quantitative estimate of drug-likeness (QED) is 0.463. The van der Waals surface area contributed by atoms with Gasteiger partial charge in [-0.05, 0) is 0 Å². The zero-order valence-corrected chi connectivity index (χ0v) is 9.28. The Kier molecular flexibility index (Phi) is 3.68. The van der Waals surface area contributed by atoms with Crippen LogP contribution in [0.25, 0.3) is 0 Å². The zero-order valence-electron chi connectivity index (χ0n) is 8.52. The maximum absolute atomic E-state index is 11.2. The smallest absolute Gasteiger partial charge is 0.339 e. The zero-order chi connectivity index (χ0) is 12.3. The number of benzene rings is 1. The van der Waals surface area contributed by atoms with Gasteiger partial charge in [0, 0.05) is 12.1 Å². The summed E-state index contributed by atoms with van der Waals surface area (Å²) in [5.74, 6) is -0.751. The minimum atomic E-state index is -0.740. The molecule has 0 aliphatic heterocycles. The summed E-state index contributed by atoms with van der Waals surface area (Å²) in [4.78, 5) is 21.3. The lowest BCUT2D eigenvalue weighted by molar-refractivity contribution is -0.385. The van der Waals surface area contributed by atoms with Crippen molar-refractivity contribution in [2.45, 2.75) is 0 Å². The normalized spacial score (nSPS) is 9.69. The average molecular weight is 246 g/mol. The van der Waals surface area contributed by atoms with Crippen LogP contribution in [0.15, 0.2) is 12.1 Å². The fourth-order valence-electron chi connectivity index (χ4n) is 1.12. The average Bonchev–Trinajstić information content (AvgIpc) is 2.27. The Labute approximate surface area is 95.9 Å². The molecule has 0 fully saturated rings. The number of ether oxygens (including phenoxy) is 2. The Hall–Kier alpha value is -1.82. The van der Waals surface area contributed by atoms with Crippen LogP contribution in [0.1, 0.15) is 10.4 Å². The lowest BCUT2D eigenvalue weighted by Crippen LogP contribution is -2.04. The maximum Gasteiger partial charge on any atom is 0.339 e. The molecule has 1 rings (SSSR count). The predicted octanol–water partition coefficient (Wildman–Crippen LogP) is 2.04. The Morgan fingerprint density at radius 1 is 1.44 bits per heavy atom. The molecular formula is C9H8ClNO5. The van der Waals surface area contributed by atoms with Gasteiger partial charge in [-0.3, -0.25) is 10.1 Å². The third kappa shape index (κ3) is 2.22. The van der Waals surface area contributed by atoms with Gasteiger partial charge in [-0.1, -0.05) is 11.6 Å². The number of nitro benzene ring substituents is 1. The highest BCUT2D eigenvalue weighted by atomic mass is 35.5. The third-order valence-electron chi connectivity index (χ3n) is 1.87. The number of nitrogens with zero attached hydrogens (tertiary/aromatic N) is 1. The third-order valence-corrected chi connectivity index (χ3v) is 2.18. The summed E-state index contributed by atoms with van der Waals surface area (Å²) in [6, 6.07) is 2.22. The summed E-state index contributed by atoms with van der Waals surface area (Å²) in [5, 5.41) is 10.7. The van der Waals surface area contributed by atoms with E-state index in [9.17, 15) is 14.9 Å². The summed E-state index contributed by atoms with van der Waals surface area (Å²) in [6.07, 6.45) is 0. The van der Waals surface area contributed by atoms with Gasteiger partial charge in [-0.25, -0.2) is 4.79 Å². The highest BCUT2D eigenvalue weighted by molar-refractivity contribution is 6.33. The second-order valence-corrected chi connectivity index (χ2v) is 3.16. The van der Waals surface area contributed by atoms with Crippen LogP contribution in [-0.2, 0) is 4.74 Å². The van der Waals surface area contributed by atoms with E-state index in [0.717, 1.165) is 13.2 Å². The molecule has 0 radical (unpaired) electrons. The van der Waals surface area contributed by atoms with E-state index in [0.29, 0.717) is 0 Å². The van der Waals surface area contributed by atoms with Crippen molar-refractivity contribution in [2.24, 2.45) is 0 Å². The summed E-state index contributed by atoms with van der Waals surface area (Å²) < 4.78 is 9.22. The molecule has 0 saturated heterocycles. The number of hydrogen-bond acceptors (Lipinski definition) is 5. The molecule has 0 saturated carbocycles. The topological polar surface area (TPSA) is 78.7 Å². The van der Waals surface area contributed by atoms with E-state index in [2.05, 4.69) is 4.74 Å². The van der Waals surface area contributed by atoms with Gasteiger partial charge in [0.2, 0.25) is 0 Å². The van der Waals surface area contributed by atoms with Crippen LogP contribution in [-0.4, -0.2) is 25.1 Å². The predicted molar refractivity (Wildman–Crippen MR) is 56.0 cm³/mol. The van der Waals surface area contributed by atoms with Crippen LogP contribution in [0, 0.1) is 10.1 Å². The molecule has 0 amide bonds. The number of hydrogen-bond donors (Lipinski definition) is 0. The highest BCUT2D eigenvalue weighted by Gasteiger charge is 2.22.